The molecular formula is C7H15NO3. The molecule has 1 fully saturated rings. The van der Waals surface area contributed by atoms with Gasteiger partial charge in [0, 0.05) is 0 Å². The maximum Gasteiger partial charge on any atom is 0.0958 e. The second-order valence-corrected chi connectivity index (χ2v) is 3.58. The van der Waals surface area contributed by atoms with E-state index in [1.165, 1.54) is 0 Å². The lowest BCUT2D eigenvalue weighted by molar-refractivity contribution is -0.143. The number of nitrogens with zero attached hydrogens (tertiary/aromatic N) is 1. The predicted molar refractivity (Wildman–Crippen MR) is 39.8 cm³/mol. The third-order valence-electron chi connectivity index (χ3n) is 1.43. The van der Waals surface area contributed by atoms with Gasteiger partial charge in [0.15, 0.2) is 0 Å². The highest BCUT2D eigenvalue weighted by atomic mass is 16.7. The highest BCUT2D eigenvalue weighted by Crippen LogP contribution is 2.10. The molecule has 0 aliphatic carbocycles. The summed E-state index contributed by atoms with van der Waals surface area (Å²) < 4.78 is 0. The number of rotatable bonds is 2. The van der Waals surface area contributed by atoms with Crippen molar-refractivity contribution in [1.82, 2.24) is 5.06 Å². The van der Waals surface area contributed by atoms with Crippen molar-refractivity contribution in [2.75, 3.05) is 19.7 Å². The molecule has 2 N–H and O–H groups in total. The van der Waals surface area contributed by atoms with Crippen LogP contribution in [0.1, 0.15) is 13.8 Å². The molecule has 0 bridgehead atoms. The fourth-order valence-electron chi connectivity index (χ4n) is 1.07. The first kappa shape index (κ1) is 8.93. The van der Waals surface area contributed by atoms with Gasteiger partial charge in [-0.15, -0.1) is 0 Å². The minimum Gasteiger partial charge on any atom is -0.389 e. The number of aliphatic hydroxyl groups is 2. The summed E-state index contributed by atoms with van der Waals surface area (Å²) in [7, 11) is 0. The quantitative estimate of drug-likeness (QED) is 0.566. The standard InChI is InChI=1S/C7H15NO3/c1-7(2,10)5-8-3-6(9)4-11-8/h6,9-10H,3-5H2,1-2H3. The summed E-state index contributed by atoms with van der Waals surface area (Å²) in [6.45, 7) is 4.69. The van der Waals surface area contributed by atoms with Crippen molar-refractivity contribution < 1.29 is 15.1 Å². The van der Waals surface area contributed by atoms with E-state index in [9.17, 15) is 5.11 Å². The van der Waals surface area contributed by atoms with E-state index >= 15 is 0 Å². The summed E-state index contributed by atoms with van der Waals surface area (Å²) >= 11 is 0. The maximum atomic E-state index is 9.36. The smallest absolute Gasteiger partial charge is 0.0958 e. The first-order chi connectivity index (χ1) is 4.97. The Morgan fingerprint density at radius 3 is 2.64 bits per heavy atom. The SMILES string of the molecule is CC(C)(O)CN1CC(O)CO1. The van der Waals surface area contributed by atoms with Gasteiger partial charge in [-0.1, -0.05) is 0 Å². The van der Waals surface area contributed by atoms with E-state index in [1.54, 1.807) is 18.9 Å². The van der Waals surface area contributed by atoms with Crippen LogP contribution in [0.4, 0.5) is 0 Å². The summed E-state index contributed by atoms with van der Waals surface area (Å²) in [6, 6.07) is 0. The second kappa shape index (κ2) is 3.06. The van der Waals surface area contributed by atoms with E-state index in [0.29, 0.717) is 19.7 Å². The Morgan fingerprint density at radius 1 is 1.64 bits per heavy atom. The van der Waals surface area contributed by atoms with Crippen molar-refractivity contribution >= 4 is 0 Å². The monoisotopic (exact) mass is 161 g/mol. The summed E-state index contributed by atoms with van der Waals surface area (Å²) in [4.78, 5) is 5.06. The van der Waals surface area contributed by atoms with Crippen LogP contribution in [-0.4, -0.2) is 46.7 Å². The summed E-state index contributed by atoms with van der Waals surface area (Å²) in [5.41, 5.74) is -0.760. The highest BCUT2D eigenvalue weighted by molar-refractivity contribution is 4.72. The van der Waals surface area contributed by atoms with Gasteiger partial charge >= 0.3 is 0 Å². The zero-order chi connectivity index (χ0) is 8.48. The lowest BCUT2D eigenvalue weighted by Gasteiger charge is -2.23. The predicted octanol–water partition coefficient (Wildman–Crippen LogP) is -0.635. The fourth-order valence-corrected chi connectivity index (χ4v) is 1.07. The molecule has 0 aromatic carbocycles. The molecule has 1 aliphatic heterocycles. The van der Waals surface area contributed by atoms with Crippen LogP contribution in [0.5, 0.6) is 0 Å². The molecule has 0 amide bonds. The van der Waals surface area contributed by atoms with Crippen LogP contribution in [0.2, 0.25) is 0 Å². The van der Waals surface area contributed by atoms with Crippen LogP contribution in [0.3, 0.4) is 0 Å². The van der Waals surface area contributed by atoms with Gasteiger partial charge in [0.05, 0.1) is 31.4 Å². The van der Waals surface area contributed by atoms with E-state index in [-0.39, 0.29) is 0 Å². The molecule has 1 rings (SSSR count). The van der Waals surface area contributed by atoms with Crippen molar-refractivity contribution in [2.24, 2.45) is 0 Å². The van der Waals surface area contributed by atoms with Crippen LogP contribution in [0, 0.1) is 0 Å². The average molecular weight is 161 g/mol. The number of hydrogen-bond donors (Lipinski definition) is 2. The molecule has 1 unspecified atom stereocenters. The van der Waals surface area contributed by atoms with Crippen molar-refractivity contribution in [3.8, 4) is 0 Å². The average Bonchev–Trinajstić information content (AvgIpc) is 2.10. The lowest BCUT2D eigenvalue weighted by atomic mass is 10.1. The van der Waals surface area contributed by atoms with Gasteiger partial charge in [-0.25, -0.2) is 0 Å². The van der Waals surface area contributed by atoms with Crippen molar-refractivity contribution in [3.05, 3.63) is 0 Å². The van der Waals surface area contributed by atoms with E-state index in [0.717, 1.165) is 0 Å². The Balaban J connectivity index is 2.29. The molecule has 1 saturated heterocycles. The van der Waals surface area contributed by atoms with Gasteiger partial charge in [0.1, 0.15) is 0 Å². The third-order valence-corrected chi connectivity index (χ3v) is 1.43. The molecule has 4 nitrogen and oxygen atoms in total. The van der Waals surface area contributed by atoms with Crippen LogP contribution < -0.4 is 0 Å². The van der Waals surface area contributed by atoms with E-state index < -0.39 is 11.7 Å². The van der Waals surface area contributed by atoms with Gasteiger partial charge in [-0.3, -0.25) is 4.84 Å². The summed E-state index contributed by atoms with van der Waals surface area (Å²) in [5, 5.41) is 20.0. The van der Waals surface area contributed by atoms with Gasteiger partial charge < -0.3 is 10.2 Å². The molecule has 1 atom stereocenters. The summed E-state index contributed by atoms with van der Waals surface area (Å²) in [5.74, 6) is 0. The topological polar surface area (TPSA) is 52.9 Å². The first-order valence-corrected chi connectivity index (χ1v) is 3.76. The van der Waals surface area contributed by atoms with Gasteiger partial charge in [0.25, 0.3) is 0 Å². The Kier molecular flexibility index (Phi) is 2.49. The Hall–Kier alpha value is -0.160. The molecule has 0 aromatic heterocycles. The molecule has 1 aliphatic rings. The third kappa shape index (κ3) is 3.16. The first-order valence-electron chi connectivity index (χ1n) is 3.76. The molecule has 0 spiro atoms. The fraction of sp³-hybridized carbons (Fsp3) is 1.00. The molecule has 66 valence electrons. The molecule has 4 heteroatoms. The van der Waals surface area contributed by atoms with Crippen LogP contribution in [0.25, 0.3) is 0 Å². The van der Waals surface area contributed by atoms with Crippen molar-refractivity contribution in [2.45, 2.75) is 25.6 Å². The number of hydrogen-bond acceptors (Lipinski definition) is 4. The minimum absolute atomic E-state index is 0.343. The zero-order valence-electron chi connectivity index (χ0n) is 6.95. The highest BCUT2D eigenvalue weighted by Gasteiger charge is 2.26. The van der Waals surface area contributed by atoms with Gasteiger partial charge in [0.2, 0.25) is 0 Å². The maximum absolute atomic E-state index is 9.36. The lowest BCUT2D eigenvalue weighted by Crippen LogP contribution is -2.36. The van der Waals surface area contributed by atoms with Crippen LogP contribution in [-0.2, 0) is 4.84 Å². The molecule has 11 heavy (non-hydrogen) atoms. The van der Waals surface area contributed by atoms with E-state index in [4.69, 9.17) is 9.94 Å². The van der Waals surface area contributed by atoms with Crippen LogP contribution in [0.15, 0.2) is 0 Å². The molecular weight excluding hydrogens is 146 g/mol. The Bertz CT molecular complexity index is 132. The normalized spacial score (nSPS) is 27.8. The largest absolute Gasteiger partial charge is 0.389 e. The Morgan fingerprint density at radius 2 is 2.27 bits per heavy atom. The van der Waals surface area contributed by atoms with Gasteiger partial charge in [-0.2, -0.15) is 5.06 Å². The number of hydroxylamine groups is 2. The number of β-amino-alcohol motifs (C(OH)–C–C–N with tert-alkyl or cyclic N) is 2. The van der Waals surface area contributed by atoms with Crippen LogP contribution >= 0.6 is 0 Å². The van der Waals surface area contributed by atoms with Gasteiger partial charge in [-0.05, 0) is 13.8 Å². The summed E-state index contributed by atoms with van der Waals surface area (Å²) in [6.07, 6.45) is -0.405. The van der Waals surface area contributed by atoms with E-state index in [1.807, 2.05) is 0 Å². The van der Waals surface area contributed by atoms with E-state index in [2.05, 4.69) is 0 Å². The second-order valence-electron chi connectivity index (χ2n) is 3.58. The minimum atomic E-state index is -0.760. The Labute approximate surface area is 66.3 Å². The number of aliphatic hydroxyl groups excluding tert-OH is 1. The van der Waals surface area contributed by atoms with Crippen molar-refractivity contribution in [1.29, 1.82) is 0 Å². The molecule has 0 aromatic rings. The molecule has 0 radical (unpaired) electrons. The molecule has 0 saturated carbocycles. The van der Waals surface area contributed by atoms with Crippen molar-refractivity contribution in [3.63, 3.8) is 0 Å². The molecule has 1 heterocycles. The zero-order valence-corrected chi connectivity index (χ0v) is 6.95.